The lowest BCUT2D eigenvalue weighted by Crippen LogP contribution is -2.18. The third kappa shape index (κ3) is 3.40. The van der Waals surface area contributed by atoms with E-state index in [4.69, 9.17) is 4.74 Å². The van der Waals surface area contributed by atoms with Gasteiger partial charge in [-0.05, 0) is 18.2 Å². The van der Waals surface area contributed by atoms with Crippen molar-refractivity contribution < 1.29 is 14.3 Å². The molecule has 0 unspecified atom stereocenters. The number of Topliss-reactive ketones (excluding diaryl/α,β-unsaturated/α-hetero) is 1. The van der Waals surface area contributed by atoms with Gasteiger partial charge in [0.25, 0.3) is 0 Å². The van der Waals surface area contributed by atoms with Crippen LogP contribution in [0.4, 0.5) is 5.69 Å². The monoisotopic (exact) mass is 336 g/mol. The first-order valence-electron chi connectivity index (χ1n) is 8.18. The van der Waals surface area contributed by atoms with Crippen molar-refractivity contribution >= 4 is 28.3 Å². The van der Waals surface area contributed by atoms with Crippen molar-refractivity contribution in [1.82, 2.24) is 4.57 Å². The first-order valence-corrected chi connectivity index (χ1v) is 8.18. The Morgan fingerprint density at radius 3 is 2.56 bits per heavy atom. The van der Waals surface area contributed by atoms with Crippen molar-refractivity contribution in [3.8, 4) is 5.75 Å². The summed E-state index contributed by atoms with van der Waals surface area (Å²) in [6, 6.07) is 14.9. The minimum atomic E-state index is -0.180. The van der Waals surface area contributed by atoms with Crippen LogP contribution in [0.1, 0.15) is 23.7 Å². The standard InChI is InChI=1S/C20H20N2O3/c1-3-18(23)15-12-22(17-10-6-4-8-14(15)17)13-20(24)21-16-9-5-7-11-19(16)25-2/h4-12H,3,13H2,1-2H3,(H,21,24). The Balaban J connectivity index is 1.88. The number of para-hydroxylation sites is 3. The molecule has 0 aliphatic heterocycles. The van der Waals surface area contributed by atoms with E-state index >= 15 is 0 Å². The number of methoxy groups -OCH3 is 1. The topological polar surface area (TPSA) is 60.3 Å². The maximum Gasteiger partial charge on any atom is 0.244 e. The van der Waals surface area contributed by atoms with Crippen molar-refractivity contribution in [1.29, 1.82) is 0 Å². The van der Waals surface area contributed by atoms with Gasteiger partial charge in [0.15, 0.2) is 5.78 Å². The quantitative estimate of drug-likeness (QED) is 0.695. The van der Waals surface area contributed by atoms with E-state index < -0.39 is 0 Å². The summed E-state index contributed by atoms with van der Waals surface area (Å²) in [5, 5.41) is 3.73. The van der Waals surface area contributed by atoms with Crippen molar-refractivity contribution in [3.05, 3.63) is 60.3 Å². The van der Waals surface area contributed by atoms with Crippen LogP contribution in [0.25, 0.3) is 10.9 Å². The molecule has 0 saturated carbocycles. The van der Waals surface area contributed by atoms with Crippen molar-refractivity contribution in [3.63, 3.8) is 0 Å². The summed E-state index contributed by atoms with van der Waals surface area (Å²) in [5.74, 6) is 0.496. The molecule has 5 nitrogen and oxygen atoms in total. The van der Waals surface area contributed by atoms with Crippen LogP contribution < -0.4 is 10.1 Å². The number of anilines is 1. The first-order chi connectivity index (χ1) is 12.1. The number of carbonyl (C=O) groups excluding carboxylic acids is 2. The molecule has 3 aromatic rings. The van der Waals surface area contributed by atoms with Crippen LogP contribution >= 0.6 is 0 Å². The molecule has 0 spiro atoms. The molecule has 25 heavy (non-hydrogen) atoms. The van der Waals surface area contributed by atoms with Crippen LogP contribution in [0.3, 0.4) is 0 Å². The molecule has 1 amide bonds. The number of ketones is 1. The van der Waals surface area contributed by atoms with Gasteiger partial charge in [0.1, 0.15) is 12.3 Å². The number of benzene rings is 2. The van der Waals surface area contributed by atoms with E-state index in [1.807, 2.05) is 47.9 Å². The van der Waals surface area contributed by atoms with Crippen LogP contribution in [0.5, 0.6) is 5.75 Å². The number of amides is 1. The zero-order chi connectivity index (χ0) is 17.8. The van der Waals surface area contributed by atoms with Gasteiger partial charge in [0, 0.05) is 29.1 Å². The highest BCUT2D eigenvalue weighted by Gasteiger charge is 2.15. The Labute approximate surface area is 146 Å². The predicted molar refractivity (Wildman–Crippen MR) is 98.2 cm³/mol. The Bertz CT molecular complexity index is 928. The predicted octanol–water partition coefficient (Wildman–Crippen LogP) is 3.88. The SMILES string of the molecule is CCC(=O)c1cn(CC(=O)Nc2ccccc2OC)c2ccccc12. The third-order valence-electron chi connectivity index (χ3n) is 4.11. The number of hydrogen-bond acceptors (Lipinski definition) is 3. The number of ether oxygens (including phenoxy) is 1. The van der Waals surface area contributed by atoms with Gasteiger partial charge in [0.2, 0.25) is 5.91 Å². The zero-order valence-electron chi connectivity index (χ0n) is 14.3. The van der Waals surface area contributed by atoms with Gasteiger partial charge in [-0.15, -0.1) is 0 Å². The molecule has 0 radical (unpaired) electrons. The fourth-order valence-electron chi connectivity index (χ4n) is 2.88. The zero-order valence-corrected chi connectivity index (χ0v) is 14.3. The van der Waals surface area contributed by atoms with Gasteiger partial charge in [-0.3, -0.25) is 9.59 Å². The molecule has 0 aliphatic carbocycles. The number of rotatable bonds is 6. The molecule has 0 saturated heterocycles. The minimum Gasteiger partial charge on any atom is -0.495 e. The molecule has 0 atom stereocenters. The molecule has 3 rings (SSSR count). The molecule has 1 aromatic heterocycles. The highest BCUT2D eigenvalue weighted by Crippen LogP contribution is 2.25. The lowest BCUT2D eigenvalue weighted by atomic mass is 10.1. The fraction of sp³-hybridized carbons (Fsp3) is 0.200. The maximum atomic E-state index is 12.5. The van der Waals surface area contributed by atoms with Crippen molar-refractivity contribution in [2.24, 2.45) is 0 Å². The Morgan fingerprint density at radius 1 is 1.08 bits per heavy atom. The first kappa shape index (κ1) is 16.8. The van der Waals surface area contributed by atoms with E-state index in [2.05, 4.69) is 5.32 Å². The largest absolute Gasteiger partial charge is 0.495 e. The minimum absolute atomic E-state index is 0.0695. The second-order valence-electron chi connectivity index (χ2n) is 5.71. The number of aromatic nitrogens is 1. The molecule has 2 aromatic carbocycles. The van der Waals surface area contributed by atoms with E-state index in [0.717, 1.165) is 10.9 Å². The Kier molecular flexibility index (Phi) is 4.84. The van der Waals surface area contributed by atoms with E-state index in [1.54, 1.807) is 25.4 Å². The van der Waals surface area contributed by atoms with E-state index in [0.29, 0.717) is 23.4 Å². The molecule has 0 aliphatic rings. The summed E-state index contributed by atoms with van der Waals surface area (Å²) >= 11 is 0. The van der Waals surface area contributed by atoms with Crippen LogP contribution in [0, 0.1) is 0 Å². The molecule has 1 heterocycles. The van der Waals surface area contributed by atoms with Crippen LogP contribution in [0.15, 0.2) is 54.7 Å². The average Bonchev–Trinajstić information content (AvgIpc) is 3.00. The van der Waals surface area contributed by atoms with Gasteiger partial charge < -0.3 is 14.6 Å². The molecular formula is C20H20N2O3. The van der Waals surface area contributed by atoms with Gasteiger partial charge in [-0.25, -0.2) is 0 Å². The highest BCUT2D eigenvalue weighted by molar-refractivity contribution is 6.08. The number of hydrogen-bond donors (Lipinski definition) is 1. The molecule has 0 bridgehead atoms. The van der Waals surface area contributed by atoms with E-state index in [1.165, 1.54) is 0 Å². The summed E-state index contributed by atoms with van der Waals surface area (Å²) in [5.41, 5.74) is 2.15. The van der Waals surface area contributed by atoms with E-state index in [-0.39, 0.29) is 18.2 Å². The third-order valence-corrected chi connectivity index (χ3v) is 4.11. The summed E-state index contributed by atoms with van der Waals surface area (Å²) in [4.78, 5) is 24.6. The summed E-state index contributed by atoms with van der Waals surface area (Å²) in [7, 11) is 1.56. The lowest BCUT2D eigenvalue weighted by Gasteiger charge is -2.10. The Hall–Kier alpha value is -3.08. The van der Waals surface area contributed by atoms with Gasteiger partial charge in [0.05, 0.1) is 12.8 Å². The van der Waals surface area contributed by atoms with Crippen LogP contribution in [0.2, 0.25) is 0 Å². The second-order valence-corrected chi connectivity index (χ2v) is 5.71. The summed E-state index contributed by atoms with van der Waals surface area (Å²) in [6.07, 6.45) is 2.19. The van der Waals surface area contributed by atoms with Crippen LogP contribution in [-0.2, 0) is 11.3 Å². The Morgan fingerprint density at radius 2 is 1.80 bits per heavy atom. The van der Waals surface area contributed by atoms with Crippen molar-refractivity contribution in [2.75, 3.05) is 12.4 Å². The van der Waals surface area contributed by atoms with Gasteiger partial charge in [-0.2, -0.15) is 0 Å². The van der Waals surface area contributed by atoms with Gasteiger partial charge >= 0.3 is 0 Å². The number of carbonyl (C=O) groups is 2. The second kappa shape index (κ2) is 7.21. The number of fused-ring (bicyclic) bond motifs is 1. The molecule has 128 valence electrons. The van der Waals surface area contributed by atoms with Crippen LogP contribution in [-0.4, -0.2) is 23.4 Å². The number of nitrogens with one attached hydrogen (secondary N) is 1. The molecule has 5 heteroatoms. The fourth-order valence-corrected chi connectivity index (χ4v) is 2.88. The smallest absolute Gasteiger partial charge is 0.244 e. The highest BCUT2D eigenvalue weighted by atomic mass is 16.5. The molecule has 0 fully saturated rings. The number of nitrogens with zero attached hydrogens (tertiary/aromatic N) is 1. The average molecular weight is 336 g/mol. The normalized spacial score (nSPS) is 10.6. The molecule has 1 N–H and O–H groups in total. The summed E-state index contributed by atoms with van der Waals surface area (Å²) < 4.78 is 7.06. The molecular weight excluding hydrogens is 316 g/mol. The lowest BCUT2D eigenvalue weighted by molar-refractivity contribution is -0.116. The van der Waals surface area contributed by atoms with Crippen molar-refractivity contribution in [2.45, 2.75) is 19.9 Å². The van der Waals surface area contributed by atoms with E-state index in [9.17, 15) is 9.59 Å². The summed E-state index contributed by atoms with van der Waals surface area (Å²) in [6.45, 7) is 1.96. The maximum absolute atomic E-state index is 12.5. The van der Waals surface area contributed by atoms with Gasteiger partial charge in [-0.1, -0.05) is 37.3 Å².